The van der Waals surface area contributed by atoms with Gasteiger partial charge in [0.2, 0.25) is 0 Å². The Kier molecular flexibility index (Phi) is 4.48. The van der Waals surface area contributed by atoms with Gasteiger partial charge in [0.15, 0.2) is 0 Å². The maximum absolute atomic E-state index is 12.4. The molecular formula is C20H18N2O. The van der Waals surface area contributed by atoms with Crippen LogP contribution in [0.1, 0.15) is 28.8 Å². The van der Waals surface area contributed by atoms with Gasteiger partial charge in [-0.05, 0) is 22.4 Å². The molecule has 0 unspecified atom stereocenters. The summed E-state index contributed by atoms with van der Waals surface area (Å²) in [6.07, 6.45) is 1.75. The number of rotatable bonds is 4. The molecule has 3 heteroatoms. The van der Waals surface area contributed by atoms with E-state index in [9.17, 15) is 4.79 Å². The molecule has 0 aliphatic carbocycles. The van der Waals surface area contributed by atoms with Gasteiger partial charge in [0, 0.05) is 17.7 Å². The van der Waals surface area contributed by atoms with Crippen molar-refractivity contribution in [2.45, 2.75) is 12.8 Å². The molecule has 0 heterocycles. The number of hydrazone groups is 1. The molecular weight excluding hydrogens is 284 g/mol. The third-order valence-electron chi connectivity index (χ3n) is 3.82. The summed E-state index contributed by atoms with van der Waals surface area (Å²) in [4.78, 5) is 12.4. The summed E-state index contributed by atoms with van der Waals surface area (Å²) in [7, 11) is 0. The molecule has 114 valence electrons. The fourth-order valence-electron chi connectivity index (χ4n) is 2.53. The summed E-state index contributed by atoms with van der Waals surface area (Å²) in [5.41, 5.74) is 4.42. The first-order chi connectivity index (χ1) is 11.3. The molecule has 3 nitrogen and oxygen atoms in total. The summed E-state index contributed by atoms with van der Waals surface area (Å²) < 4.78 is 0. The molecule has 23 heavy (non-hydrogen) atoms. The van der Waals surface area contributed by atoms with Crippen LogP contribution in [0.3, 0.4) is 0 Å². The van der Waals surface area contributed by atoms with Gasteiger partial charge in [-0.3, -0.25) is 4.79 Å². The zero-order valence-electron chi connectivity index (χ0n) is 12.9. The minimum atomic E-state index is -0.196. The van der Waals surface area contributed by atoms with Crippen molar-refractivity contribution >= 4 is 22.9 Å². The van der Waals surface area contributed by atoms with E-state index in [1.165, 1.54) is 0 Å². The molecule has 0 bridgehead atoms. The fourth-order valence-corrected chi connectivity index (χ4v) is 2.53. The first-order valence-corrected chi connectivity index (χ1v) is 7.62. The Morgan fingerprint density at radius 1 is 0.957 bits per heavy atom. The van der Waals surface area contributed by atoms with Gasteiger partial charge < -0.3 is 0 Å². The first-order valence-electron chi connectivity index (χ1n) is 7.62. The molecule has 3 rings (SSSR count). The van der Waals surface area contributed by atoms with E-state index in [1.54, 1.807) is 6.21 Å². The summed E-state index contributed by atoms with van der Waals surface area (Å²) in [5.74, 6) is -0.0534. The average Bonchev–Trinajstić information content (AvgIpc) is 2.61. The normalized spacial score (nSPS) is 12.4. The average molecular weight is 302 g/mol. The number of fused-ring (bicyclic) bond motifs is 1. The maximum atomic E-state index is 12.4. The smallest absolute Gasteiger partial charge is 0.267 e. The molecule has 0 fully saturated rings. The van der Waals surface area contributed by atoms with Crippen LogP contribution in [0.25, 0.3) is 10.8 Å². The maximum Gasteiger partial charge on any atom is 0.271 e. The lowest BCUT2D eigenvalue weighted by Crippen LogP contribution is -2.18. The van der Waals surface area contributed by atoms with E-state index in [2.05, 4.69) is 10.5 Å². The number of carbonyl (C=O) groups is 1. The van der Waals surface area contributed by atoms with Crippen molar-refractivity contribution in [3.8, 4) is 0 Å². The molecule has 0 aliphatic rings. The van der Waals surface area contributed by atoms with Crippen molar-refractivity contribution < 1.29 is 4.79 Å². The Bertz CT molecular complexity index is 835. The molecule has 1 N–H and O–H groups in total. The van der Waals surface area contributed by atoms with Gasteiger partial charge in [-0.15, -0.1) is 0 Å². The highest BCUT2D eigenvalue weighted by atomic mass is 16.2. The Morgan fingerprint density at radius 2 is 1.65 bits per heavy atom. The van der Waals surface area contributed by atoms with Crippen LogP contribution in [0.4, 0.5) is 0 Å². The van der Waals surface area contributed by atoms with Crippen LogP contribution in [0.2, 0.25) is 0 Å². The lowest BCUT2D eigenvalue weighted by Gasteiger charge is -2.07. The summed E-state index contributed by atoms with van der Waals surface area (Å²) in [6.45, 7) is 2.04. The Hall–Kier alpha value is -2.94. The fraction of sp³-hybridized carbons (Fsp3) is 0.100. The van der Waals surface area contributed by atoms with Crippen molar-refractivity contribution in [2.75, 3.05) is 0 Å². The van der Waals surface area contributed by atoms with E-state index in [0.717, 1.165) is 16.3 Å². The zero-order chi connectivity index (χ0) is 16.1. The van der Waals surface area contributed by atoms with Gasteiger partial charge in [0.25, 0.3) is 5.91 Å². The van der Waals surface area contributed by atoms with Crippen LogP contribution in [0, 0.1) is 0 Å². The van der Waals surface area contributed by atoms with Crippen molar-refractivity contribution in [1.29, 1.82) is 0 Å². The third kappa shape index (κ3) is 3.46. The predicted octanol–water partition coefficient (Wildman–Crippen LogP) is 4.36. The highest BCUT2D eigenvalue weighted by Crippen LogP contribution is 2.18. The molecule has 3 aromatic carbocycles. The number of carbonyl (C=O) groups excluding carboxylic acids is 1. The Balaban J connectivity index is 1.73. The number of amides is 1. The highest BCUT2D eigenvalue weighted by molar-refractivity contribution is 6.07. The largest absolute Gasteiger partial charge is 0.271 e. The number of hydrogen-bond donors (Lipinski definition) is 1. The lowest BCUT2D eigenvalue weighted by molar-refractivity contribution is 0.0956. The number of hydrogen-bond acceptors (Lipinski definition) is 2. The number of nitrogens with one attached hydrogen (secondary N) is 1. The molecule has 0 radical (unpaired) electrons. The van der Waals surface area contributed by atoms with E-state index in [1.807, 2.05) is 79.7 Å². The van der Waals surface area contributed by atoms with Gasteiger partial charge in [0.1, 0.15) is 0 Å². The Morgan fingerprint density at radius 3 is 2.48 bits per heavy atom. The van der Waals surface area contributed by atoms with Gasteiger partial charge in [0.05, 0.1) is 0 Å². The van der Waals surface area contributed by atoms with E-state index in [0.29, 0.717) is 5.56 Å². The van der Waals surface area contributed by atoms with Gasteiger partial charge in [-0.25, -0.2) is 5.43 Å². The van der Waals surface area contributed by atoms with Crippen molar-refractivity contribution in [3.63, 3.8) is 0 Å². The van der Waals surface area contributed by atoms with Crippen molar-refractivity contribution in [1.82, 2.24) is 5.43 Å². The monoisotopic (exact) mass is 302 g/mol. The molecule has 1 atom stereocenters. The number of nitrogens with zero attached hydrogens (tertiary/aromatic N) is 1. The van der Waals surface area contributed by atoms with Crippen LogP contribution < -0.4 is 5.43 Å². The SMILES string of the molecule is C[C@H](/C=N\NC(=O)c1cccc2ccccc12)c1ccccc1. The Labute approximate surface area is 135 Å². The van der Waals surface area contributed by atoms with E-state index in [-0.39, 0.29) is 11.8 Å². The van der Waals surface area contributed by atoms with E-state index in [4.69, 9.17) is 0 Å². The van der Waals surface area contributed by atoms with Crippen LogP contribution in [0.15, 0.2) is 77.9 Å². The van der Waals surface area contributed by atoms with Crippen LogP contribution in [0.5, 0.6) is 0 Å². The van der Waals surface area contributed by atoms with Crippen LogP contribution >= 0.6 is 0 Å². The molecule has 0 saturated heterocycles. The molecule has 0 aliphatic heterocycles. The minimum absolute atomic E-state index is 0.143. The highest BCUT2D eigenvalue weighted by Gasteiger charge is 2.08. The molecule has 0 spiro atoms. The van der Waals surface area contributed by atoms with E-state index < -0.39 is 0 Å². The standard InChI is InChI=1S/C20H18N2O/c1-15(16-8-3-2-4-9-16)14-21-22-20(23)19-13-7-11-17-10-5-6-12-18(17)19/h2-15H,1H3,(H,22,23)/b21-14-/t15-/m1/s1. The van der Waals surface area contributed by atoms with E-state index >= 15 is 0 Å². The summed E-state index contributed by atoms with van der Waals surface area (Å²) in [5, 5.41) is 6.08. The quantitative estimate of drug-likeness (QED) is 0.564. The van der Waals surface area contributed by atoms with Crippen molar-refractivity contribution in [3.05, 3.63) is 83.9 Å². The second-order valence-corrected chi connectivity index (χ2v) is 5.45. The second kappa shape index (κ2) is 6.88. The molecule has 0 aromatic heterocycles. The summed E-state index contributed by atoms with van der Waals surface area (Å²) >= 11 is 0. The zero-order valence-corrected chi connectivity index (χ0v) is 12.9. The predicted molar refractivity (Wildman–Crippen MR) is 94.8 cm³/mol. The minimum Gasteiger partial charge on any atom is -0.267 e. The van der Waals surface area contributed by atoms with Crippen LogP contribution in [-0.4, -0.2) is 12.1 Å². The molecule has 1 amide bonds. The van der Waals surface area contributed by atoms with Gasteiger partial charge >= 0.3 is 0 Å². The summed E-state index contributed by atoms with van der Waals surface area (Å²) in [6, 6.07) is 23.6. The third-order valence-corrected chi connectivity index (χ3v) is 3.82. The number of benzene rings is 3. The second-order valence-electron chi connectivity index (χ2n) is 5.45. The molecule has 3 aromatic rings. The van der Waals surface area contributed by atoms with Crippen LogP contribution in [-0.2, 0) is 0 Å². The van der Waals surface area contributed by atoms with Gasteiger partial charge in [-0.2, -0.15) is 5.10 Å². The van der Waals surface area contributed by atoms with Gasteiger partial charge in [-0.1, -0.05) is 73.7 Å². The lowest BCUT2D eigenvalue weighted by atomic mass is 10.0. The first kappa shape index (κ1) is 15.0. The van der Waals surface area contributed by atoms with Crippen molar-refractivity contribution in [2.24, 2.45) is 5.10 Å². The molecule has 0 saturated carbocycles. The topological polar surface area (TPSA) is 41.5 Å².